The fourth-order valence-electron chi connectivity index (χ4n) is 2.99. The van der Waals surface area contributed by atoms with Crippen molar-refractivity contribution in [2.75, 3.05) is 39.2 Å². The molecular weight excluding hydrogens is 467 g/mol. The summed E-state index contributed by atoms with van der Waals surface area (Å²) in [6, 6.07) is 15.8. The van der Waals surface area contributed by atoms with Gasteiger partial charge in [0.25, 0.3) is 0 Å². The lowest BCUT2D eigenvalue weighted by molar-refractivity contribution is 0.224. The van der Waals surface area contributed by atoms with E-state index in [1.165, 1.54) is 5.56 Å². The van der Waals surface area contributed by atoms with Crippen LogP contribution in [0.3, 0.4) is 0 Å². The molecule has 0 bridgehead atoms. The van der Waals surface area contributed by atoms with Gasteiger partial charge in [0.15, 0.2) is 5.96 Å². The van der Waals surface area contributed by atoms with Crippen molar-refractivity contribution >= 4 is 35.6 Å². The van der Waals surface area contributed by atoms with E-state index in [0.717, 1.165) is 30.3 Å². The van der Waals surface area contributed by atoms with E-state index in [1.54, 1.807) is 14.2 Å². The van der Waals surface area contributed by atoms with Gasteiger partial charge in [-0.1, -0.05) is 26.0 Å². The molecule has 2 aromatic rings. The standard InChI is InChI=1S/C21H30N4O2.HI/c1-5-25(6-2)20(16-8-7-9-19(14-16)27-4)15-23-21(22)24-17-10-12-18(26-3)13-11-17;/h7-14,20H,5-6,15H2,1-4H3,(H3,22,23,24);1H. The summed E-state index contributed by atoms with van der Waals surface area (Å²) >= 11 is 0. The summed E-state index contributed by atoms with van der Waals surface area (Å²) in [6.07, 6.45) is 0. The molecule has 1 unspecified atom stereocenters. The van der Waals surface area contributed by atoms with Crippen LogP contribution in [0.4, 0.5) is 5.69 Å². The van der Waals surface area contributed by atoms with Crippen molar-refractivity contribution in [3.8, 4) is 11.5 Å². The Bertz CT molecular complexity index is 733. The van der Waals surface area contributed by atoms with Gasteiger partial charge in [-0.3, -0.25) is 9.89 Å². The number of ether oxygens (including phenoxy) is 2. The molecule has 0 aliphatic heterocycles. The Balaban J connectivity index is 0.00000392. The minimum Gasteiger partial charge on any atom is -0.497 e. The van der Waals surface area contributed by atoms with Gasteiger partial charge in [0.1, 0.15) is 11.5 Å². The average Bonchev–Trinajstić information content (AvgIpc) is 2.71. The molecule has 6 nitrogen and oxygen atoms in total. The number of benzene rings is 2. The first-order chi connectivity index (χ1) is 13.1. The molecule has 2 rings (SSSR count). The topological polar surface area (TPSA) is 72.1 Å². The third-order valence-corrected chi connectivity index (χ3v) is 4.53. The molecule has 0 saturated carbocycles. The number of guanidine groups is 1. The smallest absolute Gasteiger partial charge is 0.193 e. The lowest BCUT2D eigenvalue weighted by atomic mass is 10.0. The number of methoxy groups -OCH3 is 2. The van der Waals surface area contributed by atoms with Gasteiger partial charge in [-0.25, -0.2) is 0 Å². The molecule has 0 amide bonds. The maximum absolute atomic E-state index is 6.11. The molecular formula is C21H31IN4O2. The number of aliphatic imine (C=N–C) groups is 1. The predicted octanol–water partition coefficient (Wildman–Crippen LogP) is 4.13. The average molecular weight is 498 g/mol. The summed E-state index contributed by atoms with van der Waals surface area (Å²) in [6.45, 7) is 6.72. The van der Waals surface area contributed by atoms with Crippen molar-refractivity contribution in [3.63, 3.8) is 0 Å². The number of rotatable bonds is 9. The minimum absolute atomic E-state index is 0. The van der Waals surface area contributed by atoms with Crippen molar-refractivity contribution in [2.24, 2.45) is 10.7 Å². The zero-order valence-electron chi connectivity index (χ0n) is 17.0. The highest BCUT2D eigenvalue weighted by atomic mass is 127. The Hall–Kier alpha value is -2.00. The first kappa shape index (κ1) is 24.0. The Morgan fingerprint density at radius 2 is 1.68 bits per heavy atom. The zero-order chi connectivity index (χ0) is 19.6. The Morgan fingerprint density at radius 1 is 1.04 bits per heavy atom. The van der Waals surface area contributed by atoms with Gasteiger partial charge in [0, 0.05) is 5.69 Å². The molecule has 0 aliphatic carbocycles. The van der Waals surface area contributed by atoms with Crippen LogP contribution in [0, 0.1) is 0 Å². The largest absolute Gasteiger partial charge is 0.497 e. The number of halogens is 1. The summed E-state index contributed by atoms with van der Waals surface area (Å²) in [7, 11) is 3.32. The molecule has 0 aromatic heterocycles. The van der Waals surface area contributed by atoms with Gasteiger partial charge in [-0.05, 0) is 55.1 Å². The molecule has 0 heterocycles. The monoisotopic (exact) mass is 498 g/mol. The van der Waals surface area contributed by atoms with E-state index in [9.17, 15) is 0 Å². The molecule has 0 aliphatic rings. The van der Waals surface area contributed by atoms with Crippen molar-refractivity contribution in [1.82, 2.24) is 4.90 Å². The fourth-order valence-corrected chi connectivity index (χ4v) is 2.99. The molecule has 0 fully saturated rings. The van der Waals surface area contributed by atoms with Crippen LogP contribution in [0.25, 0.3) is 0 Å². The van der Waals surface area contributed by atoms with Gasteiger partial charge in [-0.2, -0.15) is 0 Å². The van der Waals surface area contributed by atoms with Crippen LogP contribution >= 0.6 is 24.0 Å². The number of nitrogens with two attached hydrogens (primary N) is 1. The van der Waals surface area contributed by atoms with Gasteiger partial charge in [0.2, 0.25) is 0 Å². The van der Waals surface area contributed by atoms with Crippen LogP contribution < -0.4 is 20.5 Å². The summed E-state index contributed by atoms with van der Waals surface area (Å²) in [5.74, 6) is 2.04. The second-order valence-corrected chi connectivity index (χ2v) is 6.09. The number of anilines is 1. The lowest BCUT2D eigenvalue weighted by Gasteiger charge is -2.29. The minimum atomic E-state index is 0. The highest BCUT2D eigenvalue weighted by molar-refractivity contribution is 14.0. The van der Waals surface area contributed by atoms with Gasteiger partial charge in [-0.15, -0.1) is 24.0 Å². The van der Waals surface area contributed by atoms with Crippen LogP contribution in [-0.2, 0) is 0 Å². The van der Waals surface area contributed by atoms with Gasteiger partial charge >= 0.3 is 0 Å². The van der Waals surface area contributed by atoms with Crippen molar-refractivity contribution in [1.29, 1.82) is 0 Å². The van der Waals surface area contributed by atoms with E-state index in [2.05, 4.69) is 41.2 Å². The molecule has 0 radical (unpaired) electrons. The summed E-state index contributed by atoms with van der Waals surface area (Å²) in [5.41, 5.74) is 8.14. The van der Waals surface area contributed by atoms with E-state index in [4.69, 9.17) is 15.2 Å². The summed E-state index contributed by atoms with van der Waals surface area (Å²) < 4.78 is 10.5. The quantitative estimate of drug-likeness (QED) is 0.309. The highest BCUT2D eigenvalue weighted by Gasteiger charge is 2.18. The lowest BCUT2D eigenvalue weighted by Crippen LogP contribution is -2.32. The fraction of sp³-hybridized carbons (Fsp3) is 0.381. The summed E-state index contributed by atoms with van der Waals surface area (Å²) in [4.78, 5) is 6.94. The highest BCUT2D eigenvalue weighted by Crippen LogP contribution is 2.24. The molecule has 3 N–H and O–H groups in total. The van der Waals surface area contributed by atoms with E-state index >= 15 is 0 Å². The number of nitrogens with zero attached hydrogens (tertiary/aromatic N) is 2. The van der Waals surface area contributed by atoms with Crippen molar-refractivity contribution < 1.29 is 9.47 Å². The van der Waals surface area contributed by atoms with Gasteiger partial charge in [0.05, 0.1) is 26.8 Å². The molecule has 0 saturated heterocycles. The van der Waals surface area contributed by atoms with E-state index < -0.39 is 0 Å². The number of nitrogens with one attached hydrogen (secondary N) is 1. The van der Waals surface area contributed by atoms with E-state index in [1.807, 2.05) is 36.4 Å². The molecule has 1 atom stereocenters. The van der Waals surface area contributed by atoms with E-state index in [0.29, 0.717) is 12.5 Å². The predicted molar refractivity (Wildman–Crippen MR) is 127 cm³/mol. The second-order valence-electron chi connectivity index (χ2n) is 6.09. The third kappa shape index (κ3) is 6.87. The first-order valence-electron chi connectivity index (χ1n) is 9.20. The third-order valence-electron chi connectivity index (χ3n) is 4.53. The zero-order valence-corrected chi connectivity index (χ0v) is 19.3. The van der Waals surface area contributed by atoms with Crippen LogP contribution in [0.1, 0.15) is 25.5 Å². The molecule has 7 heteroatoms. The van der Waals surface area contributed by atoms with Crippen LogP contribution in [0.5, 0.6) is 11.5 Å². The molecule has 0 spiro atoms. The summed E-state index contributed by atoms with van der Waals surface area (Å²) in [5, 5.41) is 3.13. The SMILES string of the molecule is CCN(CC)C(CN=C(N)Nc1ccc(OC)cc1)c1cccc(OC)c1.I. The van der Waals surface area contributed by atoms with E-state index in [-0.39, 0.29) is 30.0 Å². The number of hydrogen-bond donors (Lipinski definition) is 2. The molecule has 154 valence electrons. The Labute approximate surface area is 185 Å². The maximum atomic E-state index is 6.11. The molecule has 2 aromatic carbocycles. The number of likely N-dealkylation sites (N-methyl/N-ethyl adjacent to an activating group) is 1. The normalized spacial score (nSPS) is 12.2. The first-order valence-corrected chi connectivity index (χ1v) is 9.20. The van der Waals surface area contributed by atoms with Crippen LogP contribution in [-0.4, -0.2) is 44.7 Å². The second kappa shape index (κ2) is 12.5. The Kier molecular flexibility index (Phi) is 10.7. The van der Waals surface area contributed by atoms with Crippen molar-refractivity contribution in [2.45, 2.75) is 19.9 Å². The number of hydrogen-bond acceptors (Lipinski definition) is 4. The van der Waals surface area contributed by atoms with Gasteiger partial charge < -0.3 is 20.5 Å². The maximum Gasteiger partial charge on any atom is 0.193 e. The van der Waals surface area contributed by atoms with Crippen LogP contribution in [0.15, 0.2) is 53.5 Å². The van der Waals surface area contributed by atoms with Crippen LogP contribution in [0.2, 0.25) is 0 Å². The Morgan fingerprint density at radius 3 is 2.25 bits per heavy atom. The molecule has 28 heavy (non-hydrogen) atoms. The van der Waals surface area contributed by atoms with Crippen molar-refractivity contribution in [3.05, 3.63) is 54.1 Å².